The Morgan fingerprint density at radius 2 is 1.47 bits per heavy atom. The molecule has 0 saturated carbocycles. The molecule has 0 aliphatic rings. The molecule has 1 heterocycles. The van der Waals surface area contributed by atoms with Gasteiger partial charge in [0.15, 0.2) is 0 Å². The van der Waals surface area contributed by atoms with Gasteiger partial charge in [-0.25, -0.2) is 4.98 Å². The van der Waals surface area contributed by atoms with Crippen LogP contribution in [0.2, 0.25) is 5.02 Å². The molecule has 3 aromatic carbocycles. The lowest BCUT2D eigenvalue weighted by Gasteiger charge is -2.11. The Morgan fingerprint density at radius 3 is 2.17 bits per heavy atom. The van der Waals surface area contributed by atoms with Crippen molar-refractivity contribution in [2.45, 2.75) is 6.92 Å². The van der Waals surface area contributed by atoms with Gasteiger partial charge in [0, 0.05) is 34.3 Å². The van der Waals surface area contributed by atoms with Gasteiger partial charge in [-0.05, 0) is 48.5 Å². The quantitative estimate of drug-likeness (QED) is 0.444. The van der Waals surface area contributed by atoms with Crippen LogP contribution in [0.1, 0.15) is 17.3 Å². The molecule has 0 bridgehead atoms. The van der Waals surface area contributed by atoms with Gasteiger partial charge in [0.25, 0.3) is 5.91 Å². The summed E-state index contributed by atoms with van der Waals surface area (Å²) >= 11 is 5.93. The maximum atomic E-state index is 13.1. The van der Waals surface area contributed by atoms with Crippen molar-refractivity contribution in [3.05, 3.63) is 89.4 Å². The minimum atomic E-state index is -0.230. The summed E-state index contributed by atoms with van der Waals surface area (Å²) in [4.78, 5) is 29.0. The van der Waals surface area contributed by atoms with E-state index < -0.39 is 0 Å². The number of rotatable bonds is 4. The first-order chi connectivity index (χ1) is 14.5. The highest BCUT2D eigenvalue weighted by molar-refractivity contribution is 6.30. The third-order valence-electron chi connectivity index (χ3n) is 4.56. The number of carbonyl (C=O) groups excluding carboxylic acids is 2. The van der Waals surface area contributed by atoms with Crippen LogP contribution in [0.4, 0.5) is 11.4 Å². The van der Waals surface area contributed by atoms with Crippen LogP contribution in [0.3, 0.4) is 0 Å². The number of amides is 2. The molecule has 4 rings (SSSR count). The number of fused-ring (bicyclic) bond motifs is 1. The number of hydrogen-bond donors (Lipinski definition) is 2. The van der Waals surface area contributed by atoms with Crippen molar-refractivity contribution in [2.24, 2.45) is 0 Å². The molecule has 0 spiro atoms. The molecule has 6 heteroatoms. The SMILES string of the molecule is CC(=O)Nc1ccc(-c2cc(C(=O)Nc3ccc(Cl)cc3)c3ccccc3n2)cc1. The normalized spacial score (nSPS) is 10.6. The van der Waals surface area contributed by atoms with Crippen LogP contribution >= 0.6 is 11.6 Å². The molecular weight excluding hydrogens is 398 g/mol. The summed E-state index contributed by atoms with van der Waals surface area (Å²) in [5.74, 6) is -0.361. The van der Waals surface area contributed by atoms with Crippen LogP contribution in [0.5, 0.6) is 0 Å². The molecule has 0 fully saturated rings. The lowest BCUT2D eigenvalue weighted by molar-refractivity contribution is -0.114. The van der Waals surface area contributed by atoms with Gasteiger partial charge in [0.2, 0.25) is 5.91 Å². The molecule has 0 aliphatic heterocycles. The van der Waals surface area contributed by atoms with E-state index in [0.717, 1.165) is 16.5 Å². The maximum Gasteiger partial charge on any atom is 0.256 e. The van der Waals surface area contributed by atoms with Crippen molar-refractivity contribution in [3.63, 3.8) is 0 Å². The van der Waals surface area contributed by atoms with Crippen LogP contribution in [0, 0.1) is 0 Å². The smallest absolute Gasteiger partial charge is 0.256 e. The van der Waals surface area contributed by atoms with E-state index in [0.29, 0.717) is 27.7 Å². The van der Waals surface area contributed by atoms with Gasteiger partial charge in [-0.2, -0.15) is 0 Å². The van der Waals surface area contributed by atoms with Crippen molar-refractivity contribution >= 4 is 45.7 Å². The molecule has 5 nitrogen and oxygen atoms in total. The summed E-state index contributed by atoms with van der Waals surface area (Å²) in [6, 6.07) is 23.6. The maximum absolute atomic E-state index is 13.1. The Bertz CT molecular complexity index is 1240. The van der Waals surface area contributed by atoms with E-state index in [1.807, 2.05) is 36.4 Å². The molecular formula is C24H18ClN3O2. The Labute approximate surface area is 178 Å². The minimum absolute atomic E-state index is 0.132. The predicted molar refractivity (Wildman–Crippen MR) is 121 cm³/mol. The zero-order chi connectivity index (χ0) is 21.1. The van der Waals surface area contributed by atoms with Crippen LogP contribution in [0.25, 0.3) is 22.2 Å². The standard InChI is InChI=1S/C24H18ClN3O2/c1-15(29)26-18-10-6-16(7-11-18)23-14-21(20-4-2-3-5-22(20)28-23)24(30)27-19-12-8-17(25)9-13-19/h2-14H,1H3,(H,26,29)(H,27,30). The number of nitrogens with zero attached hydrogens (tertiary/aromatic N) is 1. The zero-order valence-corrected chi connectivity index (χ0v) is 16.9. The summed E-state index contributed by atoms with van der Waals surface area (Å²) in [5, 5.41) is 7.03. The third-order valence-corrected chi connectivity index (χ3v) is 4.82. The van der Waals surface area contributed by atoms with Gasteiger partial charge in [-0.3, -0.25) is 9.59 Å². The van der Waals surface area contributed by atoms with Crippen LogP contribution in [-0.4, -0.2) is 16.8 Å². The Hall–Kier alpha value is -3.70. The predicted octanol–water partition coefficient (Wildman–Crippen LogP) is 5.77. The first-order valence-electron chi connectivity index (χ1n) is 9.34. The lowest BCUT2D eigenvalue weighted by atomic mass is 10.0. The van der Waals surface area contributed by atoms with E-state index in [1.54, 1.807) is 42.5 Å². The minimum Gasteiger partial charge on any atom is -0.326 e. The fourth-order valence-electron chi connectivity index (χ4n) is 3.17. The number of nitrogens with one attached hydrogen (secondary N) is 2. The van der Waals surface area contributed by atoms with E-state index in [2.05, 4.69) is 10.6 Å². The summed E-state index contributed by atoms with van der Waals surface area (Å²) in [6.07, 6.45) is 0. The van der Waals surface area contributed by atoms with Gasteiger partial charge < -0.3 is 10.6 Å². The van der Waals surface area contributed by atoms with E-state index in [9.17, 15) is 9.59 Å². The summed E-state index contributed by atoms with van der Waals surface area (Å²) in [7, 11) is 0. The second-order valence-electron chi connectivity index (χ2n) is 6.79. The van der Waals surface area contributed by atoms with Crippen LogP contribution in [0.15, 0.2) is 78.9 Å². The largest absolute Gasteiger partial charge is 0.326 e. The number of anilines is 2. The van der Waals surface area contributed by atoms with Crippen molar-refractivity contribution in [3.8, 4) is 11.3 Å². The van der Waals surface area contributed by atoms with Gasteiger partial charge >= 0.3 is 0 Å². The average molecular weight is 416 g/mol. The number of carbonyl (C=O) groups is 2. The van der Waals surface area contributed by atoms with Gasteiger partial charge in [0.05, 0.1) is 16.8 Å². The second kappa shape index (κ2) is 8.35. The molecule has 0 aliphatic carbocycles. The van der Waals surface area contributed by atoms with Crippen LogP contribution in [-0.2, 0) is 4.79 Å². The second-order valence-corrected chi connectivity index (χ2v) is 7.23. The molecule has 4 aromatic rings. The highest BCUT2D eigenvalue weighted by Gasteiger charge is 2.14. The molecule has 2 N–H and O–H groups in total. The molecule has 2 amide bonds. The highest BCUT2D eigenvalue weighted by Crippen LogP contribution is 2.27. The summed E-state index contributed by atoms with van der Waals surface area (Å²) in [5.41, 5.74) is 4.12. The van der Waals surface area contributed by atoms with Crippen molar-refractivity contribution < 1.29 is 9.59 Å². The van der Waals surface area contributed by atoms with Gasteiger partial charge in [0.1, 0.15) is 0 Å². The third kappa shape index (κ3) is 4.31. The number of hydrogen-bond acceptors (Lipinski definition) is 3. The van der Waals surface area contributed by atoms with Gasteiger partial charge in [-0.15, -0.1) is 0 Å². The summed E-state index contributed by atoms with van der Waals surface area (Å²) in [6.45, 7) is 1.46. The highest BCUT2D eigenvalue weighted by atomic mass is 35.5. The zero-order valence-electron chi connectivity index (χ0n) is 16.1. The van der Waals surface area contributed by atoms with Gasteiger partial charge in [-0.1, -0.05) is 41.9 Å². The fraction of sp³-hybridized carbons (Fsp3) is 0.0417. The number of pyridine rings is 1. The molecule has 0 saturated heterocycles. The Kier molecular flexibility index (Phi) is 5.46. The average Bonchev–Trinajstić information content (AvgIpc) is 2.74. The van der Waals surface area contributed by atoms with E-state index in [-0.39, 0.29) is 11.8 Å². The molecule has 148 valence electrons. The summed E-state index contributed by atoms with van der Waals surface area (Å²) < 4.78 is 0. The van der Waals surface area contributed by atoms with E-state index >= 15 is 0 Å². The lowest BCUT2D eigenvalue weighted by Crippen LogP contribution is -2.13. The molecule has 0 unspecified atom stereocenters. The van der Waals surface area contributed by atoms with Crippen molar-refractivity contribution in [2.75, 3.05) is 10.6 Å². The number of benzene rings is 3. The molecule has 0 atom stereocenters. The topological polar surface area (TPSA) is 71.1 Å². The van der Waals surface area contributed by atoms with Crippen molar-refractivity contribution in [1.82, 2.24) is 4.98 Å². The van der Waals surface area contributed by atoms with E-state index in [1.165, 1.54) is 6.92 Å². The number of para-hydroxylation sites is 1. The Morgan fingerprint density at radius 1 is 0.833 bits per heavy atom. The van der Waals surface area contributed by atoms with E-state index in [4.69, 9.17) is 16.6 Å². The first-order valence-corrected chi connectivity index (χ1v) is 9.72. The molecule has 30 heavy (non-hydrogen) atoms. The number of halogens is 1. The molecule has 0 radical (unpaired) electrons. The monoisotopic (exact) mass is 415 g/mol. The number of aromatic nitrogens is 1. The molecule has 1 aromatic heterocycles. The Balaban J connectivity index is 1.73. The van der Waals surface area contributed by atoms with Crippen LogP contribution < -0.4 is 10.6 Å². The first kappa shape index (κ1) is 19.6. The fourth-order valence-corrected chi connectivity index (χ4v) is 3.30. The van der Waals surface area contributed by atoms with Crippen molar-refractivity contribution in [1.29, 1.82) is 0 Å².